The quantitative estimate of drug-likeness (QED) is 0.857. The first-order valence-electron chi connectivity index (χ1n) is 9.16. The van der Waals surface area contributed by atoms with Crippen molar-refractivity contribution in [3.8, 4) is 11.5 Å². The summed E-state index contributed by atoms with van der Waals surface area (Å²) in [6.45, 7) is 5.64. The Morgan fingerprint density at radius 1 is 1.11 bits per heavy atom. The van der Waals surface area contributed by atoms with E-state index in [0.29, 0.717) is 49.9 Å². The lowest BCUT2D eigenvalue weighted by molar-refractivity contribution is 0.0756. The number of nitrogen functional groups attached to an aromatic ring is 1. The molecule has 1 amide bonds. The number of hydrogen-bond acceptors (Lipinski definition) is 7. The first kappa shape index (κ1) is 17.4. The average molecular weight is 369 g/mol. The predicted molar refractivity (Wildman–Crippen MR) is 101 cm³/mol. The van der Waals surface area contributed by atoms with Gasteiger partial charge in [-0.05, 0) is 25.5 Å². The van der Waals surface area contributed by atoms with E-state index in [9.17, 15) is 4.79 Å². The summed E-state index contributed by atoms with van der Waals surface area (Å²) < 4.78 is 11.3. The Morgan fingerprint density at radius 3 is 2.81 bits per heavy atom. The minimum atomic E-state index is -0.0300. The summed E-state index contributed by atoms with van der Waals surface area (Å²) in [7, 11) is 0. The lowest BCUT2D eigenvalue weighted by atomic mass is 10.1. The molecule has 2 aromatic rings. The van der Waals surface area contributed by atoms with Gasteiger partial charge in [0.15, 0.2) is 11.5 Å². The second kappa shape index (κ2) is 7.30. The maximum Gasteiger partial charge on any atom is 0.257 e. The second-order valence-electron chi connectivity index (χ2n) is 6.69. The molecule has 142 valence electrons. The zero-order valence-electron chi connectivity index (χ0n) is 15.4. The standard InChI is InChI=1S/C19H23N5O3/c1-13-12-16(22-19(20)21-13)23-6-3-7-24(9-8-23)18(25)14-4-2-5-15-17(14)27-11-10-26-15/h2,4-5,12H,3,6-11H2,1H3,(H2,20,21,22). The number of nitrogens with zero attached hydrogens (tertiary/aromatic N) is 4. The van der Waals surface area contributed by atoms with Crippen molar-refractivity contribution in [2.75, 3.05) is 50.0 Å². The van der Waals surface area contributed by atoms with Crippen molar-refractivity contribution in [1.82, 2.24) is 14.9 Å². The maximum atomic E-state index is 13.1. The summed E-state index contributed by atoms with van der Waals surface area (Å²) in [5.74, 6) is 2.24. The largest absolute Gasteiger partial charge is 0.486 e. The van der Waals surface area contributed by atoms with Crippen molar-refractivity contribution in [2.45, 2.75) is 13.3 Å². The van der Waals surface area contributed by atoms with Gasteiger partial charge in [0.1, 0.15) is 19.0 Å². The molecule has 0 saturated carbocycles. The van der Waals surface area contributed by atoms with Crippen LogP contribution >= 0.6 is 0 Å². The van der Waals surface area contributed by atoms with Crippen molar-refractivity contribution < 1.29 is 14.3 Å². The van der Waals surface area contributed by atoms with Gasteiger partial charge in [-0.25, -0.2) is 4.98 Å². The van der Waals surface area contributed by atoms with Crippen molar-refractivity contribution in [3.63, 3.8) is 0 Å². The van der Waals surface area contributed by atoms with Gasteiger partial charge in [-0.3, -0.25) is 4.79 Å². The van der Waals surface area contributed by atoms with Crippen LogP contribution in [0.15, 0.2) is 24.3 Å². The molecule has 2 aliphatic heterocycles. The minimum Gasteiger partial charge on any atom is -0.486 e. The van der Waals surface area contributed by atoms with Crippen LogP contribution < -0.4 is 20.1 Å². The van der Waals surface area contributed by atoms with Crippen LogP contribution in [0.25, 0.3) is 0 Å². The summed E-state index contributed by atoms with van der Waals surface area (Å²) in [6.07, 6.45) is 0.848. The van der Waals surface area contributed by atoms with Gasteiger partial charge >= 0.3 is 0 Å². The van der Waals surface area contributed by atoms with Gasteiger partial charge in [-0.2, -0.15) is 4.98 Å². The van der Waals surface area contributed by atoms with E-state index in [4.69, 9.17) is 15.2 Å². The van der Waals surface area contributed by atoms with Gasteiger partial charge < -0.3 is 25.0 Å². The number of para-hydroxylation sites is 1. The van der Waals surface area contributed by atoms with Crippen LogP contribution in [0.4, 0.5) is 11.8 Å². The Labute approximate surface area is 157 Å². The van der Waals surface area contributed by atoms with Crippen LogP contribution in [0.5, 0.6) is 11.5 Å². The van der Waals surface area contributed by atoms with Gasteiger partial charge in [0.25, 0.3) is 5.91 Å². The van der Waals surface area contributed by atoms with E-state index < -0.39 is 0 Å². The van der Waals surface area contributed by atoms with E-state index in [1.807, 2.05) is 30.0 Å². The van der Waals surface area contributed by atoms with Crippen LogP contribution in [-0.4, -0.2) is 60.2 Å². The van der Waals surface area contributed by atoms with E-state index in [0.717, 1.165) is 24.5 Å². The molecule has 8 nitrogen and oxygen atoms in total. The zero-order valence-corrected chi connectivity index (χ0v) is 15.4. The summed E-state index contributed by atoms with van der Waals surface area (Å²) >= 11 is 0. The molecule has 3 heterocycles. The van der Waals surface area contributed by atoms with Crippen LogP contribution in [0.1, 0.15) is 22.5 Å². The Bertz CT molecular complexity index is 837. The number of nitrogens with two attached hydrogens (primary N) is 1. The molecule has 27 heavy (non-hydrogen) atoms. The molecule has 0 unspecified atom stereocenters. The Morgan fingerprint density at radius 2 is 1.96 bits per heavy atom. The number of carbonyl (C=O) groups is 1. The summed E-state index contributed by atoms with van der Waals surface area (Å²) in [4.78, 5) is 25.6. The second-order valence-corrected chi connectivity index (χ2v) is 6.69. The number of benzene rings is 1. The molecule has 0 spiro atoms. The number of amides is 1. The molecule has 4 rings (SSSR count). The van der Waals surface area contributed by atoms with Crippen LogP contribution in [0, 0.1) is 6.92 Å². The summed E-state index contributed by atoms with van der Waals surface area (Å²) in [6, 6.07) is 7.38. The number of anilines is 2. The van der Waals surface area contributed by atoms with E-state index in [1.165, 1.54) is 0 Å². The number of fused-ring (bicyclic) bond motifs is 1. The third-order valence-corrected chi connectivity index (χ3v) is 4.76. The number of carbonyl (C=O) groups excluding carboxylic acids is 1. The third kappa shape index (κ3) is 3.60. The highest BCUT2D eigenvalue weighted by Crippen LogP contribution is 2.34. The normalized spacial score (nSPS) is 16.8. The molecule has 0 atom stereocenters. The van der Waals surface area contributed by atoms with E-state index >= 15 is 0 Å². The SMILES string of the molecule is Cc1cc(N2CCCN(C(=O)c3cccc4c3OCCO4)CC2)nc(N)n1. The highest BCUT2D eigenvalue weighted by molar-refractivity contribution is 5.98. The number of rotatable bonds is 2. The molecule has 2 N–H and O–H groups in total. The first-order valence-corrected chi connectivity index (χ1v) is 9.16. The van der Waals surface area contributed by atoms with Gasteiger partial charge in [0.2, 0.25) is 5.95 Å². The topological polar surface area (TPSA) is 93.8 Å². The fraction of sp³-hybridized carbons (Fsp3) is 0.421. The molecule has 1 saturated heterocycles. The average Bonchev–Trinajstić information content (AvgIpc) is 2.92. The molecular formula is C19H23N5O3. The van der Waals surface area contributed by atoms with E-state index in [-0.39, 0.29) is 11.9 Å². The van der Waals surface area contributed by atoms with Gasteiger partial charge in [-0.1, -0.05) is 6.07 Å². The molecule has 1 aromatic carbocycles. The molecule has 8 heteroatoms. The minimum absolute atomic E-state index is 0.0300. The molecule has 0 aliphatic carbocycles. The molecule has 2 aliphatic rings. The third-order valence-electron chi connectivity index (χ3n) is 4.76. The number of ether oxygens (including phenoxy) is 2. The monoisotopic (exact) mass is 369 g/mol. The lowest BCUT2D eigenvalue weighted by Crippen LogP contribution is -2.36. The van der Waals surface area contributed by atoms with Gasteiger partial charge in [-0.15, -0.1) is 0 Å². The van der Waals surface area contributed by atoms with E-state index in [1.54, 1.807) is 6.07 Å². The fourth-order valence-electron chi connectivity index (χ4n) is 3.50. The van der Waals surface area contributed by atoms with Gasteiger partial charge in [0, 0.05) is 37.9 Å². The summed E-state index contributed by atoms with van der Waals surface area (Å²) in [5, 5.41) is 0. The van der Waals surface area contributed by atoms with Crippen LogP contribution in [-0.2, 0) is 0 Å². The Kier molecular flexibility index (Phi) is 4.70. The molecule has 1 fully saturated rings. The molecule has 0 bridgehead atoms. The van der Waals surface area contributed by atoms with E-state index in [2.05, 4.69) is 14.9 Å². The van der Waals surface area contributed by atoms with Gasteiger partial charge in [0.05, 0.1) is 5.56 Å². The van der Waals surface area contributed by atoms with Crippen molar-refractivity contribution >= 4 is 17.7 Å². The van der Waals surface area contributed by atoms with Crippen LogP contribution in [0.2, 0.25) is 0 Å². The Hall–Kier alpha value is -3.03. The number of aromatic nitrogens is 2. The van der Waals surface area contributed by atoms with Crippen LogP contribution in [0.3, 0.4) is 0 Å². The Balaban J connectivity index is 1.51. The number of hydrogen-bond donors (Lipinski definition) is 1. The lowest BCUT2D eigenvalue weighted by Gasteiger charge is -2.25. The summed E-state index contributed by atoms with van der Waals surface area (Å²) in [5.41, 5.74) is 7.18. The molecular weight excluding hydrogens is 346 g/mol. The molecule has 1 aromatic heterocycles. The fourth-order valence-corrected chi connectivity index (χ4v) is 3.50. The van der Waals surface area contributed by atoms with Crippen molar-refractivity contribution in [2.24, 2.45) is 0 Å². The highest BCUT2D eigenvalue weighted by atomic mass is 16.6. The highest BCUT2D eigenvalue weighted by Gasteiger charge is 2.26. The first-order chi connectivity index (χ1) is 13.1. The maximum absolute atomic E-state index is 13.1. The predicted octanol–water partition coefficient (Wildman–Crippen LogP) is 1.49. The smallest absolute Gasteiger partial charge is 0.257 e. The number of aryl methyl sites for hydroxylation is 1. The zero-order chi connectivity index (χ0) is 18.8. The molecule has 0 radical (unpaired) electrons. The van der Waals surface area contributed by atoms with Crippen molar-refractivity contribution in [1.29, 1.82) is 0 Å². The van der Waals surface area contributed by atoms with Crippen molar-refractivity contribution in [3.05, 3.63) is 35.5 Å².